The van der Waals surface area contributed by atoms with Crippen molar-refractivity contribution < 1.29 is 9.32 Å². The quantitative estimate of drug-likeness (QED) is 0.734. The second-order valence-corrected chi connectivity index (χ2v) is 5.17. The van der Waals surface area contributed by atoms with Crippen LogP contribution in [0.3, 0.4) is 0 Å². The van der Waals surface area contributed by atoms with Gasteiger partial charge in [-0.25, -0.2) is 0 Å². The number of amides is 1. The van der Waals surface area contributed by atoms with Crippen LogP contribution in [0.25, 0.3) is 11.3 Å². The molecule has 22 heavy (non-hydrogen) atoms. The van der Waals surface area contributed by atoms with Crippen LogP contribution in [0.2, 0.25) is 0 Å². The SMILES string of the molecule is O=C(c1cc(-c2cccnc2)on1)N1CC(n2cccn2)C1. The number of likely N-dealkylation sites (tertiary alicyclic amines) is 1. The van der Waals surface area contributed by atoms with Crippen molar-refractivity contribution in [2.24, 2.45) is 0 Å². The summed E-state index contributed by atoms with van der Waals surface area (Å²) in [6.07, 6.45) is 7.00. The highest BCUT2D eigenvalue weighted by Crippen LogP contribution is 2.24. The first-order valence-electron chi connectivity index (χ1n) is 6.97. The highest BCUT2D eigenvalue weighted by atomic mass is 16.5. The van der Waals surface area contributed by atoms with Gasteiger partial charge in [-0.3, -0.25) is 14.5 Å². The van der Waals surface area contributed by atoms with E-state index in [4.69, 9.17) is 4.52 Å². The molecule has 1 aliphatic heterocycles. The summed E-state index contributed by atoms with van der Waals surface area (Å²) in [4.78, 5) is 18.1. The van der Waals surface area contributed by atoms with Gasteiger partial charge in [0.25, 0.3) is 5.91 Å². The monoisotopic (exact) mass is 295 g/mol. The van der Waals surface area contributed by atoms with E-state index in [1.54, 1.807) is 29.6 Å². The van der Waals surface area contributed by atoms with Crippen LogP contribution in [0.4, 0.5) is 0 Å². The van der Waals surface area contributed by atoms with Crippen LogP contribution >= 0.6 is 0 Å². The fourth-order valence-corrected chi connectivity index (χ4v) is 2.47. The smallest absolute Gasteiger partial charge is 0.276 e. The normalized spacial score (nSPS) is 14.8. The van der Waals surface area contributed by atoms with E-state index in [9.17, 15) is 4.79 Å². The maximum absolute atomic E-state index is 12.3. The van der Waals surface area contributed by atoms with Gasteiger partial charge in [0, 0.05) is 49.5 Å². The Kier molecular flexibility index (Phi) is 2.96. The van der Waals surface area contributed by atoms with E-state index in [1.165, 1.54) is 0 Å². The van der Waals surface area contributed by atoms with Crippen molar-refractivity contribution in [3.63, 3.8) is 0 Å². The van der Waals surface area contributed by atoms with E-state index in [0.717, 1.165) is 5.56 Å². The summed E-state index contributed by atoms with van der Waals surface area (Å²) in [5.41, 5.74) is 1.12. The second kappa shape index (κ2) is 5.10. The van der Waals surface area contributed by atoms with E-state index in [-0.39, 0.29) is 11.9 Å². The van der Waals surface area contributed by atoms with Crippen molar-refractivity contribution in [3.05, 3.63) is 54.7 Å². The van der Waals surface area contributed by atoms with E-state index in [1.807, 2.05) is 29.1 Å². The number of carbonyl (C=O) groups is 1. The predicted octanol–water partition coefficient (Wildman–Crippen LogP) is 1.63. The predicted molar refractivity (Wildman–Crippen MR) is 76.9 cm³/mol. The van der Waals surface area contributed by atoms with Crippen LogP contribution in [0.15, 0.2) is 53.6 Å². The number of rotatable bonds is 3. The van der Waals surface area contributed by atoms with Crippen molar-refractivity contribution >= 4 is 5.91 Å². The Labute approximate surface area is 126 Å². The van der Waals surface area contributed by atoms with Gasteiger partial charge in [-0.2, -0.15) is 5.10 Å². The fraction of sp³-hybridized carbons (Fsp3) is 0.200. The number of pyridine rings is 1. The molecule has 0 aliphatic carbocycles. The largest absolute Gasteiger partial charge is 0.355 e. The highest BCUT2D eigenvalue weighted by molar-refractivity contribution is 5.93. The molecule has 4 rings (SSSR count). The van der Waals surface area contributed by atoms with Crippen LogP contribution in [0.1, 0.15) is 16.5 Å². The van der Waals surface area contributed by atoms with Crippen molar-refractivity contribution in [1.29, 1.82) is 0 Å². The third-order valence-corrected chi connectivity index (χ3v) is 3.72. The van der Waals surface area contributed by atoms with Crippen LogP contribution in [0.5, 0.6) is 0 Å². The molecule has 4 heterocycles. The molecule has 1 aliphatic rings. The Balaban J connectivity index is 1.45. The van der Waals surface area contributed by atoms with Crippen LogP contribution in [0, 0.1) is 0 Å². The molecular formula is C15H13N5O2. The molecule has 0 atom stereocenters. The van der Waals surface area contributed by atoms with Crippen molar-refractivity contribution in [2.75, 3.05) is 13.1 Å². The minimum atomic E-state index is -0.123. The van der Waals surface area contributed by atoms with Gasteiger partial charge in [-0.05, 0) is 18.2 Å². The van der Waals surface area contributed by atoms with Gasteiger partial charge in [-0.1, -0.05) is 5.16 Å². The first-order chi connectivity index (χ1) is 10.8. The summed E-state index contributed by atoms with van der Waals surface area (Å²) in [5, 5.41) is 8.05. The zero-order valence-corrected chi connectivity index (χ0v) is 11.7. The second-order valence-electron chi connectivity index (χ2n) is 5.17. The molecule has 0 aromatic carbocycles. The summed E-state index contributed by atoms with van der Waals surface area (Å²) < 4.78 is 7.10. The third-order valence-electron chi connectivity index (χ3n) is 3.72. The van der Waals surface area contributed by atoms with Gasteiger partial charge in [0.2, 0.25) is 0 Å². The van der Waals surface area contributed by atoms with Crippen LogP contribution in [-0.2, 0) is 0 Å². The minimum absolute atomic E-state index is 0.123. The van der Waals surface area contributed by atoms with Crippen LogP contribution < -0.4 is 0 Å². The Hall–Kier alpha value is -2.96. The number of hydrogen-bond donors (Lipinski definition) is 0. The lowest BCUT2D eigenvalue weighted by Crippen LogP contribution is -2.50. The van der Waals surface area contributed by atoms with Gasteiger partial charge in [0.15, 0.2) is 11.5 Å². The van der Waals surface area contributed by atoms with E-state index < -0.39 is 0 Å². The lowest BCUT2D eigenvalue weighted by Gasteiger charge is -2.38. The summed E-state index contributed by atoms with van der Waals surface area (Å²) >= 11 is 0. The Morgan fingerprint density at radius 1 is 1.27 bits per heavy atom. The molecule has 1 saturated heterocycles. The molecular weight excluding hydrogens is 282 g/mol. The van der Waals surface area contributed by atoms with Crippen molar-refractivity contribution in [3.8, 4) is 11.3 Å². The Bertz CT molecular complexity index is 775. The number of aromatic nitrogens is 4. The molecule has 7 heteroatoms. The minimum Gasteiger partial charge on any atom is -0.355 e. The number of nitrogens with zero attached hydrogens (tertiary/aromatic N) is 5. The zero-order chi connectivity index (χ0) is 14.9. The Morgan fingerprint density at radius 2 is 2.18 bits per heavy atom. The van der Waals surface area contributed by atoms with E-state index >= 15 is 0 Å². The molecule has 0 bridgehead atoms. The average Bonchev–Trinajstić information content (AvgIpc) is 3.18. The molecule has 3 aromatic rings. The molecule has 110 valence electrons. The van der Waals surface area contributed by atoms with E-state index in [0.29, 0.717) is 24.5 Å². The van der Waals surface area contributed by atoms with Crippen molar-refractivity contribution in [2.45, 2.75) is 6.04 Å². The van der Waals surface area contributed by atoms with Gasteiger partial charge < -0.3 is 9.42 Å². The van der Waals surface area contributed by atoms with Crippen molar-refractivity contribution in [1.82, 2.24) is 24.8 Å². The summed E-state index contributed by atoms with van der Waals surface area (Å²) in [6.45, 7) is 1.27. The number of carbonyl (C=O) groups excluding carboxylic acids is 1. The lowest BCUT2D eigenvalue weighted by atomic mass is 10.1. The maximum Gasteiger partial charge on any atom is 0.276 e. The summed E-state index contributed by atoms with van der Waals surface area (Å²) in [5.74, 6) is 0.419. The zero-order valence-electron chi connectivity index (χ0n) is 11.7. The number of hydrogen-bond acceptors (Lipinski definition) is 5. The summed E-state index contributed by atoms with van der Waals surface area (Å²) in [6, 6.07) is 7.44. The standard InChI is InChI=1S/C15H13N5O2/c21-15(19-9-12(10-19)20-6-2-5-17-20)13-7-14(22-18-13)11-3-1-4-16-8-11/h1-8,12H,9-10H2. The van der Waals surface area contributed by atoms with Gasteiger partial charge >= 0.3 is 0 Å². The molecule has 0 N–H and O–H groups in total. The highest BCUT2D eigenvalue weighted by Gasteiger charge is 2.34. The third kappa shape index (κ3) is 2.16. The van der Waals surface area contributed by atoms with Gasteiger partial charge in [-0.15, -0.1) is 0 Å². The first kappa shape index (κ1) is 12.8. The van der Waals surface area contributed by atoms with E-state index in [2.05, 4.69) is 15.2 Å². The maximum atomic E-state index is 12.3. The lowest BCUT2D eigenvalue weighted by molar-refractivity contribution is 0.0491. The summed E-state index contributed by atoms with van der Waals surface area (Å²) in [7, 11) is 0. The van der Waals surface area contributed by atoms with Gasteiger partial charge in [0.05, 0.1) is 6.04 Å². The molecule has 0 radical (unpaired) electrons. The Morgan fingerprint density at radius 3 is 2.91 bits per heavy atom. The molecule has 3 aromatic heterocycles. The molecule has 1 amide bonds. The topological polar surface area (TPSA) is 77.0 Å². The van der Waals surface area contributed by atoms with Crippen LogP contribution in [-0.4, -0.2) is 43.8 Å². The van der Waals surface area contributed by atoms with Gasteiger partial charge in [0.1, 0.15) is 0 Å². The average molecular weight is 295 g/mol. The first-order valence-corrected chi connectivity index (χ1v) is 6.97. The molecule has 0 unspecified atom stereocenters. The molecule has 1 fully saturated rings. The molecule has 0 spiro atoms. The fourth-order valence-electron chi connectivity index (χ4n) is 2.47. The molecule has 7 nitrogen and oxygen atoms in total. The molecule has 0 saturated carbocycles.